The Labute approximate surface area is 99.9 Å². The molecule has 0 N–H and O–H groups in total. The number of hydrogen-bond acceptors (Lipinski definition) is 3. The molecule has 0 aromatic carbocycles. The zero-order chi connectivity index (χ0) is 11.0. The van der Waals surface area contributed by atoms with Crippen molar-refractivity contribution in [1.29, 1.82) is 0 Å². The summed E-state index contributed by atoms with van der Waals surface area (Å²) in [6.45, 7) is 0. The average molecular weight is 325 g/mol. The van der Waals surface area contributed by atoms with Gasteiger partial charge >= 0.3 is 40.5 Å². The summed E-state index contributed by atoms with van der Waals surface area (Å²) >= 11 is 3.18. The van der Waals surface area contributed by atoms with E-state index >= 15 is 0 Å². The van der Waals surface area contributed by atoms with Gasteiger partial charge in [0, 0.05) is 0 Å². The van der Waals surface area contributed by atoms with E-state index < -0.39 is 19.8 Å². The van der Waals surface area contributed by atoms with Crippen molar-refractivity contribution in [2.75, 3.05) is 5.75 Å². The molecule has 4 heteroatoms. The van der Waals surface area contributed by atoms with Gasteiger partial charge < -0.3 is 4.74 Å². The fraction of sp³-hybridized carbons (Fsp3) is 0.900. The van der Waals surface area contributed by atoms with Gasteiger partial charge in [-0.2, -0.15) is 12.6 Å². The molecule has 0 bridgehead atoms. The fourth-order valence-corrected chi connectivity index (χ4v) is 1.30. The van der Waals surface area contributed by atoms with E-state index in [1.807, 2.05) is 0 Å². The molecule has 1 fully saturated rings. The Bertz CT molecular complexity index is 153. The second-order valence-electron chi connectivity index (χ2n) is 4.29. The van der Waals surface area contributed by atoms with Gasteiger partial charge in [-0.1, -0.05) is 0 Å². The van der Waals surface area contributed by atoms with Crippen molar-refractivity contribution in [2.45, 2.75) is 46.6 Å². The second kappa shape index (κ2) is 8.89. The van der Waals surface area contributed by atoms with Crippen LogP contribution >= 0.6 is 12.6 Å². The quantitative estimate of drug-likeness (QED) is 0.480. The van der Waals surface area contributed by atoms with Crippen molar-refractivity contribution < 1.29 is 9.53 Å². The Balaban J connectivity index is 0.000000364. The van der Waals surface area contributed by atoms with E-state index in [1.165, 1.54) is 12.8 Å². The number of carbonyl (C=O) groups is 1. The number of hydrogen-bond donors (Lipinski definition) is 1. The standard InChI is InChI=1S/C7H12O2S.3CH3.Sn.H/c8-7(5-10)9-6-3-1-2-4-6;;;;;/h6,10H,1-5H2;3*1H3;;. The zero-order valence-corrected chi connectivity index (χ0v) is 13.6. The molecule has 14 heavy (non-hydrogen) atoms. The maximum absolute atomic E-state index is 10.7. The normalized spacial score (nSPS) is 16.4. The van der Waals surface area contributed by atoms with Crippen LogP contribution in [0.25, 0.3) is 0 Å². The van der Waals surface area contributed by atoms with Gasteiger partial charge in [-0.25, -0.2) is 0 Å². The fourth-order valence-electron chi connectivity index (χ4n) is 1.23. The Kier molecular flexibility index (Phi) is 9.28. The molecule has 0 radical (unpaired) electrons. The van der Waals surface area contributed by atoms with E-state index in [0.29, 0.717) is 0 Å². The van der Waals surface area contributed by atoms with E-state index in [0.717, 1.165) is 12.8 Å². The summed E-state index contributed by atoms with van der Waals surface area (Å²) in [7, 11) is 0. The van der Waals surface area contributed by atoms with Crippen LogP contribution in [-0.4, -0.2) is 37.6 Å². The minimum absolute atomic E-state index is 0.185. The number of thiol groups is 1. The number of carbonyl (C=O) groups excluding carboxylic acids is 1. The van der Waals surface area contributed by atoms with Crippen LogP contribution in [0.4, 0.5) is 0 Å². The second-order valence-corrected chi connectivity index (χ2v) is 14.5. The van der Waals surface area contributed by atoms with E-state index in [1.54, 1.807) is 0 Å². The summed E-state index contributed by atoms with van der Waals surface area (Å²) in [5.74, 6) is 0.0199. The minimum atomic E-state index is -0.637. The molecule has 0 heterocycles. The first-order valence-corrected chi connectivity index (χ1v) is 15.9. The summed E-state index contributed by atoms with van der Waals surface area (Å²) in [6, 6.07) is 0. The van der Waals surface area contributed by atoms with Gasteiger partial charge in [-0.15, -0.1) is 0 Å². The Morgan fingerprint density at radius 2 is 1.79 bits per heavy atom. The van der Waals surface area contributed by atoms with Crippen LogP contribution in [0.1, 0.15) is 25.7 Å². The van der Waals surface area contributed by atoms with Gasteiger partial charge in [-0.05, 0) is 25.7 Å². The predicted octanol–water partition coefficient (Wildman–Crippen LogP) is 2.50. The summed E-state index contributed by atoms with van der Waals surface area (Å²) < 4.78 is 5.05. The molecular weight excluding hydrogens is 303 g/mol. The number of rotatable bonds is 2. The van der Waals surface area contributed by atoms with Crippen LogP contribution < -0.4 is 0 Å². The molecular formula is C10H22O2SSn. The van der Waals surface area contributed by atoms with Crippen molar-refractivity contribution in [3.05, 3.63) is 0 Å². The first-order valence-electron chi connectivity index (χ1n) is 5.36. The van der Waals surface area contributed by atoms with E-state index in [-0.39, 0.29) is 17.8 Å². The van der Waals surface area contributed by atoms with Gasteiger partial charge in [0.2, 0.25) is 0 Å². The summed E-state index contributed by atoms with van der Waals surface area (Å²) in [5, 5.41) is 0. The van der Waals surface area contributed by atoms with Crippen LogP contribution in [-0.2, 0) is 9.53 Å². The first kappa shape index (κ1) is 14.6. The van der Waals surface area contributed by atoms with Crippen molar-refractivity contribution in [2.24, 2.45) is 0 Å². The van der Waals surface area contributed by atoms with E-state index in [9.17, 15) is 4.79 Å². The monoisotopic (exact) mass is 326 g/mol. The maximum atomic E-state index is 10.7. The third-order valence-electron chi connectivity index (χ3n) is 1.73. The Hall–Kier alpha value is 0.619. The molecule has 1 aliphatic rings. The molecule has 0 amide bonds. The number of ether oxygens (including phenoxy) is 1. The molecule has 84 valence electrons. The molecule has 0 saturated heterocycles. The van der Waals surface area contributed by atoms with Gasteiger partial charge in [-0.3, -0.25) is 4.79 Å². The van der Waals surface area contributed by atoms with Crippen molar-refractivity contribution in [3.63, 3.8) is 0 Å². The predicted molar refractivity (Wildman–Crippen MR) is 66.9 cm³/mol. The molecule has 0 unspecified atom stereocenters. The van der Waals surface area contributed by atoms with Gasteiger partial charge in [0.05, 0.1) is 5.75 Å². The third kappa shape index (κ3) is 9.18. The summed E-state index contributed by atoms with van der Waals surface area (Å²) in [6.07, 6.45) is 4.67. The molecule has 0 spiro atoms. The van der Waals surface area contributed by atoms with Gasteiger partial charge in [0.25, 0.3) is 0 Å². The first-order chi connectivity index (χ1) is 6.56. The Morgan fingerprint density at radius 3 is 2.14 bits per heavy atom. The van der Waals surface area contributed by atoms with Crippen molar-refractivity contribution in [3.8, 4) is 0 Å². The molecule has 2 nitrogen and oxygen atoms in total. The molecule has 1 saturated carbocycles. The third-order valence-corrected chi connectivity index (χ3v) is 1.99. The SMILES string of the molecule is O=C(CS)OC1CCCC1.[CH3][SnH]([CH3])[CH3]. The molecule has 0 aromatic rings. The van der Waals surface area contributed by atoms with Crippen LogP contribution in [0.3, 0.4) is 0 Å². The molecule has 0 aromatic heterocycles. The zero-order valence-electron chi connectivity index (χ0n) is 9.45. The van der Waals surface area contributed by atoms with Crippen LogP contribution in [0.5, 0.6) is 0 Å². The van der Waals surface area contributed by atoms with Gasteiger partial charge in [0.1, 0.15) is 6.10 Å². The van der Waals surface area contributed by atoms with Gasteiger partial charge in [0.15, 0.2) is 0 Å². The van der Waals surface area contributed by atoms with Crippen LogP contribution in [0.15, 0.2) is 0 Å². The number of esters is 1. The topological polar surface area (TPSA) is 26.3 Å². The summed E-state index contributed by atoms with van der Waals surface area (Å²) in [4.78, 5) is 17.8. The van der Waals surface area contributed by atoms with E-state index in [4.69, 9.17) is 4.74 Å². The average Bonchev–Trinajstić information content (AvgIpc) is 2.55. The molecule has 1 aliphatic carbocycles. The van der Waals surface area contributed by atoms with Crippen LogP contribution in [0.2, 0.25) is 14.8 Å². The van der Waals surface area contributed by atoms with E-state index in [2.05, 4.69) is 27.4 Å². The molecule has 0 atom stereocenters. The molecule has 1 rings (SSSR count). The Morgan fingerprint density at radius 1 is 1.36 bits per heavy atom. The van der Waals surface area contributed by atoms with Crippen molar-refractivity contribution >= 4 is 38.4 Å². The summed E-state index contributed by atoms with van der Waals surface area (Å²) in [5.41, 5.74) is 0. The van der Waals surface area contributed by atoms with Crippen LogP contribution in [0, 0.1) is 0 Å². The van der Waals surface area contributed by atoms with Crippen molar-refractivity contribution in [1.82, 2.24) is 0 Å². The molecule has 0 aliphatic heterocycles.